The Labute approximate surface area is 96.0 Å². The normalized spacial score (nSPS) is 13.2. The second-order valence-electron chi connectivity index (χ2n) is 4.13. The Bertz CT molecular complexity index is 473. The zero-order valence-electron chi connectivity index (χ0n) is 9.88. The summed E-state index contributed by atoms with van der Waals surface area (Å²) in [5.41, 5.74) is 9.44. The number of H-pyrrole nitrogens is 1. The molecule has 4 N–H and O–H groups in total. The van der Waals surface area contributed by atoms with Gasteiger partial charge in [0.1, 0.15) is 0 Å². The molecule has 16 heavy (non-hydrogen) atoms. The van der Waals surface area contributed by atoms with Gasteiger partial charge in [-0.2, -0.15) is 0 Å². The molecule has 1 unspecified atom stereocenters. The van der Waals surface area contributed by atoms with Crippen molar-refractivity contribution in [2.24, 2.45) is 5.73 Å². The zero-order chi connectivity index (χ0) is 11.5. The molecule has 86 valence electrons. The number of nitrogens with two attached hydrogens (primary N) is 1. The quantitative estimate of drug-likeness (QED) is 0.734. The number of rotatable bonds is 4. The van der Waals surface area contributed by atoms with Crippen LogP contribution in [0.15, 0.2) is 24.3 Å². The third kappa shape index (κ3) is 1.84. The minimum absolute atomic E-state index is 0.334. The van der Waals surface area contributed by atoms with Crippen LogP contribution in [0.2, 0.25) is 0 Å². The summed E-state index contributed by atoms with van der Waals surface area (Å²) in [5, 5.41) is 4.64. The molecule has 0 aliphatic rings. The Morgan fingerprint density at radius 3 is 2.81 bits per heavy atom. The second-order valence-corrected chi connectivity index (χ2v) is 4.13. The van der Waals surface area contributed by atoms with Crippen LogP contribution in [0.4, 0.5) is 0 Å². The highest BCUT2D eigenvalue weighted by Gasteiger charge is 2.16. The van der Waals surface area contributed by atoms with Crippen LogP contribution >= 0.6 is 0 Å². The van der Waals surface area contributed by atoms with Gasteiger partial charge in [0.2, 0.25) is 0 Å². The van der Waals surface area contributed by atoms with Gasteiger partial charge in [-0.25, -0.2) is 0 Å². The van der Waals surface area contributed by atoms with Gasteiger partial charge >= 0.3 is 0 Å². The lowest BCUT2D eigenvalue weighted by Gasteiger charge is -2.15. The molecule has 0 saturated heterocycles. The van der Waals surface area contributed by atoms with Gasteiger partial charge in [0.25, 0.3) is 0 Å². The molecule has 0 saturated carbocycles. The molecule has 1 aromatic heterocycles. The number of fused-ring (bicyclic) bond motifs is 1. The number of nitrogens with one attached hydrogen (secondary N) is 2. The van der Waals surface area contributed by atoms with E-state index in [1.165, 1.54) is 22.2 Å². The van der Waals surface area contributed by atoms with E-state index in [-0.39, 0.29) is 0 Å². The van der Waals surface area contributed by atoms with E-state index in [9.17, 15) is 0 Å². The van der Waals surface area contributed by atoms with Crippen LogP contribution in [0.5, 0.6) is 0 Å². The van der Waals surface area contributed by atoms with Crippen LogP contribution in [0.3, 0.4) is 0 Å². The summed E-state index contributed by atoms with van der Waals surface area (Å²) in [7, 11) is 1.99. The number of hydrogen-bond acceptors (Lipinski definition) is 2. The third-order valence-corrected chi connectivity index (χ3v) is 3.10. The lowest BCUT2D eigenvalue weighted by molar-refractivity contribution is 0.557. The van der Waals surface area contributed by atoms with E-state index in [1.54, 1.807) is 0 Å². The molecule has 1 heterocycles. The number of aromatic amines is 1. The van der Waals surface area contributed by atoms with Gasteiger partial charge in [-0.3, -0.25) is 0 Å². The van der Waals surface area contributed by atoms with E-state index in [1.807, 2.05) is 7.05 Å². The van der Waals surface area contributed by atoms with Crippen LogP contribution in [0.25, 0.3) is 10.9 Å². The molecule has 0 bridgehead atoms. The van der Waals surface area contributed by atoms with Gasteiger partial charge in [0.15, 0.2) is 0 Å². The first-order chi connectivity index (χ1) is 7.77. The Morgan fingerprint density at radius 1 is 1.38 bits per heavy atom. The summed E-state index contributed by atoms with van der Waals surface area (Å²) in [4.78, 5) is 3.42. The Balaban J connectivity index is 2.53. The first kappa shape index (κ1) is 11.2. The molecule has 0 spiro atoms. The van der Waals surface area contributed by atoms with Gasteiger partial charge < -0.3 is 16.0 Å². The summed E-state index contributed by atoms with van der Waals surface area (Å²) in [6, 6.07) is 8.74. The highest BCUT2D eigenvalue weighted by molar-refractivity contribution is 5.85. The summed E-state index contributed by atoms with van der Waals surface area (Å²) < 4.78 is 0. The fraction of sp³-hybridized carbons (Fsp3) is 0.385. The first-order valence-electron chi connectivity index (χ1n) is 5.72. The number of para-hydroxylation sites is 1. The predicted octanol–water partition coefficient (Wildman–Crippen LogP) is 2.09. The molecule has 1 atom stereocenters. The highest BCUT2D eigenvalue weighted by atomic mass is 14.9. The largest absolute Gasteiger partial charge is 0.358 e. The second kappa shape index (κ2) is 4.68. The minimum Gasteiger partial charge on any atom is -0.358 e. The number of aromatic nitrogens is 1. The smallest absolute Gasteiger partial charge is 0.0459 e. The summed E-state index contributed by atoms with van der Waals surface area (Å²) in [5.74, 6) is 0. The average molecular weight is 217 g/mol. The van der Waals surface area contributed by atoms with E-state index in [2.05, 4.69) is 41.5 Å². The number of benzene rings is 1. The van der Waals surface area contributed by atoms with Crippen molar-refractivity contribution in [3.05, 3.63) is 35.5 Å². The van der Waals surface area contributed by atoms with Crippen LogP contribution in [-0.4, -0.2) is 18.6 Å². The van der Waals surface area contributed by atoms with Crippen LogP contribution in [-0.2, 0) is 0 Å². The van der Waals surface area contributed by atoms with Crippen molar-refractivity contribution < 1.29 is 0 Å². The fourth-order valence-electron chi connectivity index (χ4n) is 2.35. The monoisotopic (exact) mass is 217 g/mol. The van der Waals surface area contributed by atoms with Crippen molar-refractivity contribution in [3.8, 4) is 0 Å². The van der Waals surface area contributed by atoms with Gasteiger partial charge in [0.05, 0.1) is 0 Å². The van der Waals surface area contributed by atoms with Crippen molar-refractivity contribution in [1.82, 2.24) is 10.3 Å². The maximum Gasteiger partial charge on any atom is 0.0459 e. The lowest BCUT2D eigenvalue weighted by Crippen LogP contribution is -2.20. The van der Waals surface area contributed by atoms with Crippen LogP contribution in [0.1, 0.15) is 23.7 Å². The molecular formula is C13H19N3. The maximum atomic E-state index is 5.66. The molecule has 2 rings (SSSR count). The van der Waals surface area contributed by atoms with Gasteiger partial charge in [-0.05, 0) is 38.6 Å². The standard InChI is InChI=1S/C13H19N3/c1-9-13(12(15-2)7-8-14)10-5-3-4-6-11(10)16-9/h3-6,12,15-16H,7-8,14H2,1-2H3. The molecule has 1 aromatic carbocycles. The van der Waals surface area contributed by atoms with Gasteiger partial charge in [-0.15, -0.1) is 0 Å². The number of hydrogen-bond donors (Lipinski definition) is 3. The Hall–Kier alpha value is -1.32. The van der Waals surface area contributed by atoms with Crippen LogP contribution in [0, 0.1) is 6.92 Å². The van der Waals surface area contributed by atoms with Crippen molar-refractivity contribution in [3.63, 3.8) is 0 Å². The molecular weight excluding hydrogens is 198 g/mol. The molecule has 0 aliphatic heterocycles. The summed E-state index contributed by atoms with van der Waals surface area (Å²) in [6.45, 7) is 2.82. The number of aryl methyl sites for hydroxylation is 1. The molecule has 0 radical (unpaired) electrons. The Morgan fingerprint density at radius 2 is 2.12 bits per heavy atom. The van der Waals surface area contributed by atoms with E-state index in [0.29, 0.717) is 12.6 Å². The summed E-state index contributed by atoms with van der Waals surface area (Å²) >= 11 is 0. The lowest BCUT2D eigenvalue weighted by atomic mass is 10.0. The third-order valence-electron chi connectivity index (χ3n) is 3.10. The molecule has 0 fully saturated rings. The van der Waals surface area contributed by atoms with Crippen LogP contribution < -0.4 is 11.1 Å². The fourth-order valence-corrected chi connectivity index (χ4v) is 2.35. The molecule has 0 aliphatic carbocycles. The summed E-state index contributed by atoms with van der Waals surface area (Å²) in [6.07, 6.45) is 0.958. The molecule has 3 heteroatoms. The van der Waals surface area contributed by atoms with Gasteiger partial charge in [-0.1, -0.05) is 18.2 Å². The van der Waals surface area contributed by atoms with Crippen molar-refractivity contribution >= 4 is 10.9 Å². The maximum absolute atomic E-state index is 5.66. The van der Waals surface area contributed by atoms with Crippen molar-refractivity contribution in [2.45, 2.75) is 19.4 Å². The van der Waals surface area contributed by atoms with Gasteiger partial charge in [0, 0.05) is 22.6 Å². The highest BCUT2D eigenvalue weighted by Crippen LogP contribution is 2.28. The van der Waals surface area contributed by atoms with E-state index in [0.717, 1.165) is 6.42 Å². The molecule has 2 aromatic rings. The minimum atomic E-state index is 0.334. The van der Waals surface area contributed by atoms with E-state index < -0.39 is 0 Å². The first-order valence-corrected chi connectivity index (χ1v) is 5.72. The SMILES string of the molecule is CNC(CCN)c1c(C)[nH]c2ccccc12. The average Bonchev–Trinajstić information content (AvgIpc) is 2.62. The predicted molar refractivity (Wildman–Crippen MR) is 68.5 cm³/mol. The molecule has 0 amide bonds. The van der Waals surface area contributed by atoms with Crippen molar-refractivity contribution in [2.75, 3.05) is 13.6 Å². The van der Waals surface area contributed by atoms with E-state index in [4.69, 9.17) is 5.73 Å². The van der Waals surface area contributed by atoms with E-state index >= 15 is 0 Å². The zero-order valence-corrected chi connectivity index (χ0v) is 9.88. The molecule has 3 nitrogen and oxygen atoms in total. The Kier molecular flexibility index (Phi) is 3.27. The van der Waals surface area contributed by atoms with Crippen molar-refractivity contribution in [1.29, 1.82) is 0 Å². The topological polar surface area (TPSA) is 53.8 Å².